The fourth-order valence-corrected chi connectivity index (χ4v) is 3.16. The van der Waals surface area contributed by atoms with E-state index < -0.39 is 12.0 Å². The third-order valence-corrected chi connectivity index (χ3v) is 5.26. The Morgan fingerprint density at radius 1 is 0.828 bits per heavy atom. The van der Waals surface area contributed by atoms with Crippen molar-refractivity contribution in [3.63, 3.8) is 0 Å². The number of rotatable bonds is 14. The van der Waals surface area contributed by atoms with Crippen molar-refractivity contribution in [1.29, 1.82) is 0 Å². The molecule has 0 saturated carbocycles. The number of hydrogen-bond donors (Lipinski definition) is 1. The number of ether oxygens (including phenoxy) is 1. The third kappa shape index (κ3) is 14.1. The molecule has 0 aliphatic rings. The van der Waals surface area contributed by atoms with Crippen LogP contribution in [-0.2, 0) is 9.53 Å². The summed E-state index contributed by atoms with van der Waals surface area (Å²) < 4.78 is 4.82. The smallest absolute Gasteiger partial charge is 0.311 e. The SMILES string of the molecule is CCC(O)C(CC=C(C)CCC=C(C)CCC=C(C)CCC=C(C)C)C(=O)OC. The first-order chi connectivity index (χ1) is 13.7. The molecule has 0 fully saturated rings. The van der Waals surface area contributed by atoms with E-state index in [0.717, 1.165) is 38.5 Å². The van der Waals surface area contributed by atoms with Gasteiger partial charge in [-0.15, -0.1) is 0 Å². The number of carbonyl (C=O) groups excluding carboxylic acids is 1. The van der Waals surface area contributed by atoms with Crippen LogP contribution in [0.3, 0.4) is 0 Å². The second-order valence-corrected chi connectivity index (χ2v) is 8.39. The minimum atomic E-state index is -0.646. The van der Waals surface area contributed by atoms with Gasteiger partial charge in [0.05, 0.1) is 19.1 Å². The highest BCUT2D eigenvalue weighted by atomic mass is 16.5. The van der Waals surface area contributed by atoms with Crippen molar-refractivity contribution < 1.29 is 14.6 Å². The lowest BCUT2D eigenvalue weighted by atomic mass is 9.95. The molecule has 2 atom stereocenters. The molecule has 0 aliphatic carbocycles. The van der Waals surface area contributed by atoms with E-state index in [-0.39, 0.29) is 5.97 Å². The number of aliphatic hydroxyl groups excluding tert-OH is 1. The van der Waals surface area contributed by atoms with Gasteiger partial charge in [-0.2, -0.15) is 0 Å². The van der Waals surface area contributed by atoms with Gasteiger partial charge in [0.1, 0.15) is 0 Å². The summed E-state index contributed by atoms with van der Waals surface area (Å²) in [6, 6.07) is 0. The number of allylic oxidation sites excluding steroid dienone is 8. The Balaban J connectivity index is 4.35. The van der Waals surface area contributed by atoms with Gasteiger partial charge in [-0.25, -0.2) is 0 Å². The Hall–Kier alpha value is -1.61. The molecular formula is C26H44O3. The van der Waals surface area contributed by atoms with Crippen molar-refractivity contribution in [2.45, 2.75) is 99.0 Å². The van der Waals surface area contributed by atoms with Crippen molar-refractivity contribution in [2.75, 3.05) is 7.11 Å². The zero-order valence-corrected chi connectivity index (χ0v) is 19.9. The molecule has 29 heavy (non-hydrogen) atoms. The fraction of sp³-hybridized carbons (Fsp3) is 0.654. The molecule has 0 aromatic rings. The Morgan fingerprint density at radius 3 is 1.69 bits per heavy atom. The van der Waals surface area contributed by atoms with Crippen LogP contribution in [-0.4, -0.2) is 24.3 Å². The number of methoxy groups -OCH3 is 1. The summed E-state index contributed by atoms with van der Waals surface area (Å²) in [5, 5.41) is 10.0. The van der Waals surface area contributed by atoms with Gasteiger partial charge in [-0.05, 0) is 86.0 Å². The maximum atomic E-state index is 11.8. The maximum Gasteiger partial charge on any atom is 0.311 e. The number of carbonyl (C=O) groups is 1. The molecule has 0 heterocycles. The van der Waals surface area contributed by atoms with Gasteiger partial charge in [-0.1, -0.05) is 53.5 Å². The van der Waals surface area contributed by atoms with Gasteiger partial charge in [-0.3, -0.25) is 4.79 Å². The minimum absolute atomic E-state index is 0.330. The third-order valence-electron chi connectivity index (χ3n) is 5.26. The lowest BCUT2D eigenvalue weighted by Gasteiger charge is -2.18. The van der Waals surface area contributed by atoms with Gasteiger partial charge in [0.25, 0.3) is 0 Å². The predicted octanol–water partition coefficient (Wildman–Crippen LogP) is 7.08. The summed E-state index contributed by atoms with van der Waals surface area (Å²) in [7, 11) is 1.38. The van der Waals surface area contributed by atoms with Crippen LogP contribution in [0, 0.1) is 5.92 Å². The van der Waals surface area contributed by atoms with Crippen LogP contribution < -0.4 is 0 Å². The average molecular weight is 405 g/mol. The molecule has 0 spiro atoms. The number of esters is 1. The fourth-order valence-electron chi connectivity index (χ4n) is 3.16. The number of aliphatic hydroxyl groups is 1. The van der Waals surface area contributed by atoms with Crippen LogP contribution in [0.25, 0.3) is 0 Å². The highest BCUT2D eigenvalue weighted by Crippen LogP contribution is 2.18. The van der Waals surface area contributed by atoms with Gasteiger partial charge in [0.2, 0.25) is 0 Å². The first-order valence-corrected chi connectivity index (χ1v) is 11.1. The lowest BCUT2D eigenvalue weighted by molar-refractivity contribution is -0.149. The molecule has 0 aromatic carbocycles. The monoisotopic (exact) mass is 404 g/mol. The standard InChI is InChI=1S/C26H44O3/c1-8-25(27)24(26(28)29-7)19-18-23(6)17-11-16-22(5)15-10-14-21(4)13-9-12-20(2)3/h12,14,16,18,24-25,27H,8-11,13,15,17,19H2,1-7H3. The van der Waals surface area contributed by atoms with Crippen LogP contribution in [0.2, 0.25) is 0 Å². The molecule has 0 aromatic heterocycles. The topological polar surface area (TPSA) is 46.5 Å². The molecule has 0 radical (unpaired) electrons. The Morgan fingerprint density at radius 2 is 1.28 bits per heavy atom. The van der Waals surface area contributed by atoms with E-state index >= 15 is 0 Å². The van der Waals surface area contributed by atoms with Crippen LogP contribution in [0.15, 0.2) is 46.6 Å². The van der Waals surface area contributed by atoms with Crippen molar-refractivity contribution in [2.24, 2.45) is 5.92 Å². The quantitative estimate of drug-likeness (QED) is 0.248. The zero-order valence-electron chi connectivity index (χ0n) is 19.9. The van der Waals surface area contributed by atoms with Crippen molar-refractivity contribution in [3.8, 4) is 0 Å². The van der Waals surface area contributed by atoms with Crippen LogP contribution in [0.1, 0.15) is 92.9 Å². The lowest BCUT2D eigenvalue weighted by Crippen LogP contribution is -2.28. The highest BCUT2D eigenvalue weighted by molar-refractivity contribution is 5.73. The van der Waals surface area contributed by atoms with Crippen molar-refractivity contribution in [1.82, 2.24) is 0 Å². The molecule has 0 bridgehead atoms. The molecule has 1 N–H and O–H groups in total. The van der Waals surface area contributed by atoms with Gasteiger partial charge < -0.3 is 9.84 Å². The van der Waals surface area contributed by atoms with E-state index in [4.69, 9.17) is 4.74 Å². The predicted molar refractivity (Wildman–Crippen MR) is 125 cm³/mol. The number of hydrogen-bond acceptors (Lipinski definition) is 3. The second-order valence-electron chi connectivity index (χ2n) is 8.39. The minimum Gasteiger partial charge on any atom is -0.469 e. The van der Waals surface area contributed by atoms with Crippen molar-refractivity contribution in [3.05, 3.63) is 46.6 Å². The molecule has 3 nitrogen and oxygen atoms in total. The molecule has 166 valence electrons. The average Bonchev–Trinajstić information content (AvgIpc) is 2.67. The summed E-state index contributed by atoms with van der Waals surface area (Å²) >= 11 is 0. The highest BCUT2D eigenvalue weighted by Gasteiger charge is 2.25. The summed E-state index contributed by atoms with van der Waals surface area (Å²) in [4.78, 5) is 11.8. The normalized spacial score (nSPS) is 15.1. The van der Waals surface area contributed by atoms with E-state index in [1.165, 1.54) is 29.4 Å². The Labute approximate surface area is 179 Å². The van der Waals surface area contributed by atoms with Crippen LogP contribution in [0.5, 0.6) is 0 Å². The van der Waals surface area contributed by atoms with E-state index in [2.05, 4.69) is 58.9 Å². The summed E-state index contributed by atoms with van der Waals surface area (Å²) in [5.41, 5.74) is 5.55. The molecular weight excluding hydrogens is 360 g/mol. The summed E-state index contributed by atoms with van der Waals surface area (Å²) in [6.07, 6.45) is 16.0. The molecule has 2 unspecified atom stereocenters. The van der Waals surface area contributed by atoms with E-state index in [0.29, 0.717) is 12.8 Å². The molecule has 0 saturated heterocycles. The first kappa shape index (κ1) is 27.4. The Bertz CT molecular complexity index is 589. The summed E-state index contributed by atoms with van der Waals surface area (Å²) in [5.74, 6) is -0.799. The largest absolute Gasteiger partial charge is 0.469 e. The molecule has 0 aliphatic heterocycles. The van der Waals surface area contributed by atoms with Crippen molar-refractivity contribution >= 4 is 5.97 Å². The van der Waals surface area contributed by atoms with Gasteiger partial charge >= 0.3 is 5.97 Å². The Kier molecular flexibility index (Phi) is 15.3. The zero-order chi connectivity index (χ0) is 22.2. The summed E-state index contributed by atoms with van der Waals surface area (Å²) in [6.45, 7) is 12.7. The molecule has 0 rings (SSSR count). The van der Waals surface area contributed by atoms with E-state index in [1.54, 1.807) is 0 Å². The van der Waals surface area contributed by atoms with Gasteiger partial charge in [0, 0.05) is 0 Å². The molecule has 3 heteroatoms. The molecule has 0 amide bonds. The van der Waals surface area contributed by atoms with Crippen LogP contribution >= 0.6 is 0 Å². The van der Waals surface area contributed by atoms with E-state index in [1.807, 2.05) is 6.92 Å². The van der Waals surface area contributed by atoms with Crippen LogP contribution in [0.4, 0.5) is 0 Å². The van der Waals surface area contributed by atoms with Gasteiger partial charge in [0.15, 0.2) is 0 Å². The second kappa shape index (κ2) is 16.2. The first-order valence-electron chi connectivity index (χ1n) is 11.1. The van der Waals surface area contributed by atoms with E-state index in [9.17, 15) is 9.90 Å². The maximum absolute atomic E-state index is 11.8.